The van der Waals surface area contributed by atoms with Crippen LogP contribution in [0.4, 0.5) is 4.79 Å². The Bertz CT molecular complexity index is 94.2. The Hall–Kier alpha value is -0.280. The SMILES string of the molecule is C1CCOC1.CCOC(=O)Cl. The van der Waals surface area contributed by atoms with Crippen LogP contribution in [0.1, 0.15) is 19.8 Å². The van der Waals surface area contributed by atoms with Crippen LogP contribution in [0, 0.1) is 0 Å². The highest BCUT2D eigenvalue weighted by Crippen LogP contribution is 1.98. The molecule has 1 fully saturated rings. The third kappa shape index (κ3) is 9.72. The molecule has 0 saturated carbocycles. The fraction of sp³-hybridized carbons (Fsp3) is 0.857. The standard InChI is InChI=1S/C4H8O.C3H5ClO2/c1-2-4-5-3-1;1-2-6-3(4)5/h1-4H2;2H2,1H3. The van der Waals surface area contributed by atoms with Crippen molar-refractivity contribution in [2.24, 2.45) is 0 Å². The van der Waals surface area contributed by atoms with Gasteiger partial charge in [0, 0.05) is 24.8 Å². The second-order valence-electron chi connectivity index (χ2n) is 1.99. The van der Waals surface area contributed by atoms with Gasteiger partial charge in [-0.05, 0) is 19.8 Å². The molecule has 0 bridgehead atoms. The minimum absolute atomic E-state index is 0.350. The zero-order valence-electron chi connectivity index (χ0n) is 6.64. The van der Waals surface area contributed by atoms with Crippen molar-refractivity contribution in [2.75, 3.05) is 19.8 Å². The largest absolute Gasteiger partial charge is 0.454 e. The third-order valence-electron chi connectivity index (χ3n) is 1.09. The first-order valence-electron chi connectivity index (χ1n) is 3.67. The van der Waals surface area contributed by atoms with Crippen molar-refractivity contribution in [3.63, 3.8) is 0 Å². The molecule has 0 amide bonds. The summed E-state index contributed by atoms with van der Waals surface area (Å²) in [6, 6.07) is 0. The number of carbonyl (C=O) groups is 1. The van der Waals surface area contributed by atoms with E-state index >= 15 is 0 Å². The first kappa shape index (κ1) is 10.7. The van der Waals surface area contributed by atoms with Gasteiger partial charge in [-0.3, -0.25) is 0 Å². The molecule has 0 aromatic heterocycles. The molecule has 1 saturated heterocycles. The maximum absolute atomic E-state index is 9.59. The lowest BCUT2D eigenvalue weighted by Gasteiger charge is -1.86. The van der Waals surface area contributed by atoms with Gasteiger partial charge in [-0.15, -0.1) is 0 Å². The van der Waals surface area contributed by atoms with Gasteiger partial charge in [-0.2, -0.15) is 0 Å². The fourth-order valence-corrected chi connectivity index (χ4v) is 0.733. The van der Waals surface area contributed by atoms with Crippen molar-refractivity contribution in [3.8, 4) is 0 Å². The highest BCUT2D eigenvalue weighted by Gasteiger charge is 1.94. The topological polar surface area (TPSA) is 35.5 Å². The maximum atomic E-state index is 9.59. The molecule has 0 radical (unpaired) electrons. The molecule has 0 N–H and O–H groups in total. The van der Waals surface area contributed by atoms with E-state index in [4.69, 9.17) is 16.3 Å². The maximum Gasteiger partial charge on any atom is 0.403 e. The summed E-state index contributed by atoms with van der Waals surface area (Å²) in [5.41, 5.74) is -0.738. The van der Waals surface area contributed by atoms with Crippen LogP contribution in [0.25, 0.3) is 0 Å². The molecule has 0 aliphatic carbocycles. The second-order valence-corrected chi connectivity index (χ2v) is 2.30. The Morgan fingerprint density at radius 3 is 2.18 bits per heavy atom. The molecule has 1 heterocycles. The highest BCUT2D eigenvalue weighted by molar-refractivity contribution is 6.61. The molecule has 0 aromatic carbocycles. The van der Waals surface area contributed by atoms with E-state index in [0.29, 0.717) is 6.61 Å². The molecule has 66 valence electrons. The zero-order valence-corrected chi connectivity index (χ0v) is 7.39. The van der Waals surface area contributed by atoms with Gasteiger partial charge in [0.2, 0.25) is 0 Å². The summed E-state index contributed by atoms with van der Waals surface area (Å²) < 4.78 is 9.11. The first-order valence-corrected chi connectivity index (χ1v) is 4.05. The predicted octanol–water partition coefficient (Wildman–Crippen LogP) is 2.18. The van der Waals surface area contributed by atoms with Gasteiger partial charge >= 0.3 is 5.43 Å². The van der Waals surface area contributed by atoms with Gasteiger partial charge < -0.3 is 9.47 Å². The van der Waals surface area contributed by atoms with Crippen molar-refractivity contribution in [1.82, 2.24) is 0 Å². The predicted molar refractivity (Wildman–Crippen MR) is 42.9 cm³/mol. The number of ether oxygens (including phenoxy) is 2. The van der Waals surface area contributed by atoms with Gasteiger partial charge in [0.1, 0.15) is 0 Å². The summed E-state index contributed by atoms with van der Waals surface area (Å²) in [6.45, 7) is 4.04. The Kier molecular flexibility index (Phi) is 7.62. The van der Waals surface area contributed by atoms with Gasteiger partial charge in [-0.25, -0.2) is 4.79 Å². The highest BCUT2D eigenvalue weighted by atomic mass is 35.5. The number of hydrogen-bond donors (Lipinski definition) is 0. The Morgan fingerprint density at radius 2 is 2.09 bits per heavy atom. The summed E-state index contributed by atoms with van der Waals surface area (Å²) in [5, 5.41) is 0. The van der Waals surface area contributed by atoms with E-state index in [9.17, 15) is 4.79 Å². The number of rotatable bonds is 1. The lowest BCUT2D eigenvalue weighted by Crippen LogP contribution is -1.89. The van der Waals surface area contributed by atoms with Crippen LogP contribution in [0.5, 0.6) is 0 Å². The van der Waals surface area contributed by atoms with Crippen molar-refractivity contribution >= 4 is 17.0 Å². The van der Waals surface area contributed by atoms with Gasteiger partial charge in [0.05, 0.1) is 6.61 Å². The van der Waals surface area contributed by atoms with E-state index in [1.54, 1.807) is 6.92 Å². The van der Waals surface area contributed by atoms with Crippen LogP contribution in [-0.4, -0.2) is 25.2 Å². The average molecular weight is 181 g/mol. The molecule has 0 aromatic rings. The van der Waals surface area contributed by atoms with Crippen molar-refractivity contribution < 1.29 is 14.3 Å². The fourth-order valence-electron chi connectivity index (χ4n) is 0.624. The molecular formula is C7H13ClO3. The summed E-state index contributed by atoms with van der Waals surface area (Å²) in [5.74, 6) is 0. The number of carbonyl (C=O) groups excluding carboxylic acids is 1. The Morgan fingerprint density at radius 1 is 1.55 bits per heavy atom. The van der Waals surface area contributed by atoms with Crippen LogP contribution in [0.2, 0.25) is 0 Å². The summed E-state index contributed by atoms with van der Waals surface area (Å²) in [7, 11) is 0. The summed E-state index contributed by atoms with van der Waals surface area (Å²) in [6.07, 6.45) is 2.56. The quantitative estimate of drug-likeness (QED) is 0.581. The van der Waals surface area contributed by atoms with Crippen molar-refractivity contribution in [2.45, 2.75) is 19.8 Å². The molecule has 11 heavy (non-hydrogen) atoms. The molecule has 0 unspecified atom stereocenters. The minimum Gasteiger partial charge on any atom is -0.454 e. The van der Waals surface area contributed by atoms with Crippen LogP contribution >= 0.6 is 11.6 Å². The van der Waals surface area contributed by atoms with Crippen molar-refractivity contribution in [3.05, 3.63) is 0 Å². The lowest BCUT2D eigenvalue weighted by atomic mass is 10.4. The molecule has 1 aliphatic rings. The van der Waals surface area contributed by atoms with Crippen LogP contribution in [0.3, 0.4) is 0 Å². The van der Waals surface area contributed by atoms with Gasteiger partial charge in [0.25, 0.3) is 0 Å². The van der Waals surface area contributed by atoms with E-state index in [-0.39, 0.29) is 0 Å². The Balaban J connectivity index is 0.000000183. The first-order chi connectivity index (χ1) is 5.27. The molecule has 0 spiro atoms. The average Bonchev–Trinajstić information content (AvgIpc) is 2.41. The Labute approximate surface area is 71.6 Å². The monoisotopic (exact) mass is 180 g/mol. The molecular weight excluding hydrogens is 168 g/mol. The lowest BCUT2D eigenvalue weighted by molar-refractivity contribution is 0.180. The van der Waals surface area contributed by atoms with Crippen LogP contribution in [-0.2, 0) is 9.47 Å². The molecule has 0 atom stereocenters. The molecule has 1 aliphatic heterocycles. The minimum atomic E-state index is -0.738. The molecule has 1 rings (SSSR count). The third-order valence-corrected chi connectivity index (χ3v) is 1.19. The smallest absolute Gasteiger partial charge is 0.403 e. The van der Waals surface area contributed by atoms with Crippen LogP contribution in [0.15, 0.2) is 0 Å². The van der Waals surface area contributed by atoms with E-state index in [0.717, 1.165) is 13.2 Å². The summed E-state index contributed by atoms with van der Waals surface area (Å²) >= 11 is 4.72. The van der Waals surface area contributed by atoms with Gasteiger partial charge in [0.15, 0.2) is 0 Å². The second kappa shape index (κ2) is 7.82. The normalized spacial score (nSPS) is 15.1. The van der Waals surface area contributed by atoms with E-state index < -0.39 is 5.43 Å². The van der Waals surface area contributed by atoms with E-state index in [1.807, 2.05) is 0 Å². The van der Waals surface area contributed by atoms with E-state index in [1.165, 1.54) is 12.8 Å². The van der Waals surface area contributed by atoms with Crippen LogP contribution < -0.4 is 0 Å². The number of hydrogen-bond acceptors (Lipinski definition) is 3. The zero-order chi connectivity index (χ0) is 8.53. The van der Waals surface area contributed by atoms with Gasteiger partial charge in [-0.1, -0.05) is 0 Å². The van der Waals surface area contributed by atoms with E-state index in [2.05, 4.69) is 4.74 Å². The number of halogens is 1. The molecule has 3 nitrogen and oxygen atoms in total. The molecule has 4 heteroatoms. The van der Waals surface area contributed by atoms with Crippen molar-refractivity contribution in [1.29, 1.82) is 0 Å². The summed E-state index contributed by atoms with van der Waals surface area (Å²) in [4.78, 5) is 9.59.